The number of nitrogens with one attached hydrogen (secondary N) is 1. The molecule has 1 spiro atoms. The second-order valence-electron chi connectivity index (χ2n) is 7.67. The number of rotatable bonds is 3. The van der Waals surface area contributed by atoms with Crippen molar-refractivity contribution in [3.8, 4) is 5.69 Å². The molecule has 0 radical (unpaired) electrons. The van der Waals surface area contributed by atoms with Gasteiger partial charge in [-0.15, -0.1) is 0 Å². The van der Waals surface area contributed by atoms with Crippen LogP contribution in [-0.4, -0.2) is 34.3 Å². The molecule has 3 aromatic rings. The highest BCUT2D eigenvalue weighted by atomic mass is 35.5. The Hall–Kier alpha value is -3.03. The molecule has 0 unspecified atom stereocenters. The van der Waals surface area contributed by atoms with Gasteiger partial charge in [0.25, 0.3) is 11.5 Å². The molecular formula is C22H19Cl2N5O2. The number of piperidine rings is 1. The summed E-state index contributed by atoms with van der Waals surface area (Å²) in [5.74, 6) is 0.0246. The van der Waals surface area contributed by atoms with Crippen LogP contribution in [-0.2, 0) is 4.79 Å². The van der Waals surface area contributed by atoms with Gasteiger partial charge >= 0.3 is 0 Å². The molecular weight excluding hydrogens is 437 g/mol. The van der Waals surface area contributed by atoms with Crippen molar-refractivity contribution in [1.82, 2.24) is 15.2 Å². The van der Waals surface area contributed by atoms with Crippen LogP contribution >= 0.6 is 23.2 Å². The summed E-state index contributed by atoms with van der Waals surface area (Å²) in [6, 6.07) is 16.7. The Morgan fingerprint density at radius 1 is 0.935 bits per heavy atom. The number of aromatic nitrogens is 2. The molecule has 2 aliphatic heterocycles. The molecule has 5 rings (SSSR count). The fraction of sp³-hybridized carbons (Fsp3) is 0.227. The van der Waals surface area contributed by atoms with E-state index in [1.54, 1.807) is 30.5 Å². The van der Waals surface area contributed by atoms with Crippen LogP contribution in [0.25, 0.3) is 5.69 Å². The first-order chi connectivity index (χ1) is 15.0. The van der Waals surface area contributed by atoms with E-state index in [0.29, 0.717) is 42.3 Å². The van der Waals surface area contributed by atoms with Crippen molar-refractivity contribution < 1.29 is 4.79 Å². The minimum atomic E-state index is -0.576. The summed E-state index contributed by atoms with van der Waals surface area (Å²) < 4.78 is 1.24. The molecule has 2 fully saturated rings. The summed E-state index contributed by atoms with van der Waals surface area (Å²) in [6.45, 7) is 1.16. The third kappa shape index (κ3) is 3.25. The van der Waals surface area contributed by atoms with E-state index in [4.69, 9.17) is 23.2 Å². The molecule has 1 aromatic heterocycles. The average molecular weight is 456 g/mol. The Balaban J connectivity index is 1.38. The second-order valence-corrected chi connectivity index (χ2v) is 8.49. The largest absolute Gasteiger partial charge is 0.369 e. The standard InChI is InChI=1S/C22H19Cl2N5O2/c23-15-5-4-8-17(13-15)28-20(30)19(24)18(14-25-28)27-11-9-22(10-12-27)21(31)26-29(22)16-6-2-1-3-7-16/h1-8,13-14H,9-12H2,(H,26,31). The van der Waals surface area contributed by atoms with E-state index in [-0.39, 0.29) is 10.9 Å². The molecule has 31 heavy (non-hydrogen) atoms. The van der Waals surface area contributed by atoms with E-state index in [0.717, 1.165) is 5.69 Å². The van der Waals surface area contributed by atoms with Crippen LogP contribution in [0.15, 0.2) is 65.6 Å². The Morgan fingerprint density at radius 2 is 1.65 bits per heavy atom. The number of anilines is 2. The molecule has 0 atom stereocenters. The monoisotopic (exact) mass is 455 g/mol. The number of benzene rings is 2. The first kappa shape index (κ1) is 19.9. The number of carbonyl (C=O) groups excluding carboxylic acids is 1. The first-order valence-electron chi connectivity index (χ1n) is 9.95. The molecule has 7 nitrogen and oxygen atoms in total. The zero-order valence-corrected chi connectivity index (χ0v) is 18.0. The summed E-state index contributed by atoms with van der Waals surface area (Å²) in [6.07, 6.45) is 2.82. The Labute approximate surface area is 188 Å². The van der Waals surface area contributed by atoms with Crippen molar-refractivity contribution in [3.63, 3.8) is 0 Å². The van der Waals surface area contributed by atoms with Crippen LogP contribution in [0, 0.1) is 0 Å². The summed E-state index contributed by atoms with van der Waals surface area (Å²) in [4.78, 5) is 27.4. The van der Waals surface area contributed by atoms with Gasteiger partial charge in [0, 0.05) is 18.1 Å². The van der Waals surface area contributed by atoms with Gasteiger partial charge in [-0.25, -0.2) is 0 Å². The van der Waals surface area contributed by atoms with Crippen LogP contribution < -0.4 is 20.9 Å². The van der Waals surface area contributed by atoms with Gasteiger partial charge in [0.1, 0.15) is 10.6 Å². The molecule has 0 bridgehead atoms. The van der Waals surface area contributed by atoms with E-state index in [9.17, 15) is 9.59 Å². The predicted octanol–water partition coefficient (Wildman–Crippen LogP) is 3.43. The first-order valence-corrected chi connectivity index (χ1v) is 10.7. The highest BCUT2D eigenvalue weighted by Crippen LogP contribution is 2.39. The number of amides is 1. The smallest absolute Gasteiger partial charge is 0.292 e. The lowest BCUT2D eigenvalue weighted by molar-refractivity contribution is -0.136. The topological polar surface area (TPSA) is 70.5 Å². The maximum absolute atomic E-state index is 12.9. The second kappa shape index (κ2) is 7.59. The minimum absolute atomic E-state index is 0.0246. The fourth-order valence-corrected chi connectivity index (χ4v) is 4.69. The minimum Gasteiger partial charge on any atom is -0.369 e. The lowest BCUT2D eigenvalue weighted by Crippen LogP contribution is -2.78. The number of hydrogen-bond donors (Lipinski definition) is 1. The van der Waals surface area contributed by atoms with Crippen LogP contribution in [0.4, 0.5) is 11.4 Å². The lowest BCUT2D eigenvalue weighted by Gasteiger charge is -2.55. The van der Waals surface area contributed by atoms with Crippen molar-refractivity contribution >= 4 is 40.5 Å². The SMILES string of the molecule is O=C1NN(c2ccccc2)C12CCN(c1cnn(-c3cccc(Cl)c3)c(=O)c1Cl)CC2. The summed E-state index contributed by atoms with van der Waals surface area (Å²) >= 11 is 12.5. The molecule has 0 aliphatic carbocycles. The van der Waals surface area contributed by atoms with E-state index in [1.165, 1.54) is 4.68 Å². The molecule has 158 valence electrons. The van der Waals surface area contributed by atoms with Gasteiger partial charge in [-0.05, 0) is 43.2 Å². The fourth-order valence-electron chi connectivity index (χ4n) is 4.25. The van der Waals surface area contributed by atoms with Gasteiger partial charge in [-0.3, -0.25) is 20.0 Å². The van der Waals surface area contributed by atoms with Crippen LogP contribution in [0.5, 0.6) is 0 Å². The average Bonchev–Trinajstić information content (AvgIpc) is 2.80. The highest BCUT2D eigenvalue weighted by Gasteiger charge is 2.55. The van der Waals surface area contributed by atoms with E-state index >= 15 is 0 Å². The summed E-state index contributed by atoms with van der Waals surface area (Å²) in [5, 5.41) is 6.86. The molecule has 2 aliphatic rings. The van der Waals surface area contributed by atoms with Gasteiger partial charge in [-0.1, -0.05) is 47.5 Å². The quantitative estimate of drug-likeness (QED) is 0.654. The number of nitrogens with zero attached hydrogens (tertiary/aromatic N) is 4. The molecule has 2 aromatic carbocycles. The summed E-state index contributed by atoms with van der Waals surface area (Å²) in [5.41, 5.74) is 4.00. The molecule has 2 saturated heterocycles. The maximum atomic E-state index is 12.9. The lowest BCUT2D eigenvalue weighted by atomic mass is 9.82. The zero-order chi connectivity index (χ0) is 21.6. The Bertz CT molecular complexity index is 1210. The molecule has 3 heterocycles. The number of hydrazine groups is 1. The van der Waals surface area contributed by atoms with Gasteiger partial charge in [-0.2, -0.15) is 9.78 Å². The van der Waals surface area contributed by atoms with E-state index in [2.05, 4.69) is 10.5 Å². The van der Waals surface area contributed by atoms with Gasteiger partial charge < -0.3 is 4.90 Å². The van der Waals surface area contributed by atoms with Crippen molar-refractivity contribution in [2.75, 3.05) is 23.0 Å². The molecule has 1 N–H and O–H groups in total. The van der Waals surface area contributed by atoms with Gasteiger partial charge in [0.15, 0.2) is 0 Å². The van der Waals surface area contributed by atoms with Gasteiger partial charge in [0.2, 0.25) is 0 Å². The Kier molecular flexibility index (Phi) is 4.87. The zero-order valence-electron chi connectivity index (χ0n) is 16.5. The van der Waals surface area contributed by atoms with Crippen LogP contribution in [0.2, 0.25) is 10.0 Å². The third-order valence-electron chi connectivity index (χ3n) is 5.96. The molecule has 0 saturated carbocycles. The van der Waals surface area contributed by atoms with E-state index < -0.39 is 11.1 Å². The molecule has 9 heteroatoms. The number of carbonyl (C=O) groups is 1. The van der Waals surface area contributed by atoms with Crippen molar-refractivity contribution in [2.45, 2.75) is 18.4 Å². The number of halogens is 2. The summed E-state index contributed by atoms with van der Waals surface area (Å²) in [7, 11) is 0. The Morgan fingerprint density at radius 3 is 2.32 bits per heavy atom. The van der Waals surface area contributed by atoms with Crippen LogP contribution in [0.3, 0.4) is 0 Å². The van der Waals surface area contributed by atoms with Gasteiger partial charge in [0.05, 0.1) is 23.3 Å². The van der Waals surface area contributed by atoms with E-state index in [1.807, 2.05) is 40.2 Å². The maximum Gasteiger partial charge on any atom is 0.292 e. The van der Waals surface area contributed by atoms with Crippen molar-refractivity contribution in [2.24, 2.45) is 0 Å². The highest BCUT2D eigenvalue weighted by molar-refractivity contribution is 6.33. The molecule has 1 amide bonds. The van der Waals surface area contributed by atoms with Crippen molar-refractivity contribution in [1.29, 1.82) is 0 Å². The predicted molar refractivity (Wildman–Crippen MR) is 121 cm³/mol. The van der Waals surface area contributed by atoms with Crippen molar-refractivity contribution in [3.05, 3.63) is 81.2 Å². The number of hydrogen-bond acceptors (Lipinski definition) is 5. The normalized spacial score (nSPS) is 17.4. The third-order valence-corrected chi connectivity index (χ3v) is 6.55. The number of para-hydroxylation sites is 1. The van der Waals surface area contributed by atoms with Crippen LogP contribution in [0.1, 0.15) is 12.8 Å².